The topological polar surface area (TPSA) is 7.76 Å². The molecule has 0 amide bonds. The molecule has 0 aliphatic rings. The zero-order valence-corrected chi connectivity index (χ0v) is 12.2. The molecule has 2 aromatic heterocycles. The summed E-state index contributed by atoms with van der Waals surface area (Å²) in [5.41, 5.74) is 2.54. The van der Waals surface area contributed by atoms with Crippen LogP contribution in [0.5, 0.6) is 0 Å². The lowest BCUT2D eigenvalue weighted by Crippen LogP contribution is -3.00. The Bertz CT molecular complexity index is 469. The van der Waals surface area contributed by atoms with E-state index in [1.807, 2.05) is 0 Å². The second-order valence-corrected chi connectivity index (χ2v) is 3.79. The molecule has 18 heavy (non-hydrogen) atoms. The van der Waals surface area contributed by atoms with Gasteiger partial charge in [0.1, 0.15) is 13.1 Å². The van der Waals surface area contributed by atoms with Crippen LogP contribution in [0.15, 0.2) is 48.9 Å². The predicted molar refractivity (Wildman–Crippen MR) is 63.6 cm³/mol. The van der Waals surface area contributed by atoms with Gasteiger partial charge in [0, 0.05) is 24.3 Å². The minimum atomic E-state index is 0. The normalized spacial score (nSPS) is 9.22. The maximum absolute atomic E-state index is 2.26. The Morgan fingerprint density at radius 3 is 2.06 bits per heavy atom. The summed E-state index contributed by atoms with van der Waals surface area (Å²) in [5.74, 6) is 0. The molecule has 0 spiro atoms. The van der Waals surface area contributed by atoms with Crippen LogP contribution in [0.25, 0.3) is 11.3 Å². The van der Waals surface area contributed by atoms with E-state index in [0.29, 0.717) is 0 Å². The molecule has 2 nitrogen and oxygen atoms in total. The van der Waals surface area contributed by atoms with E-state index in [0.717, 1.165) is 13.1 Å². The Kier molecular flexibility index (Phi) is 7.56. The molecule has 2 aromatic rings. The van der Waals surface area contributed by atoms with Gasteiger partial charge in [-0.1, -0.05) is 0 Å². The molecule has 0 unspecified atom stereocenters. The van der Waals surface area contributed by atoms with E-state index in [2.05, 4.69) is 71.9 Å². The lowest BCUT2D eigenvalue weighted by Gasteiger charge is -2.00. The number of aromatic nitrogens is 2. The highest BCUT2D eigenvalue weighted by molar-refractivity contribution is 5.54. The van der Waals surface area contributed by atoms with Gasteiger partial charge in [0.25, 0.3) is 0 Å². The van der Waals surface area contributed by atoms with Crippen molar-refractivity contribution in [2.24, 2.45) is 0 Å². The third-order valence-electron chi connectivity index (χ3n) is 2.83. The van der Waals surface area contributed by atoms with Crippen molar-refractivity contribution < 1.29 is 33.9 Å². The zero-order valence-electron chi connectivity index (χ0n) is 10.7. The summed E-state index contributed by atoms with van der Waals surface area (Å²) < 4.78 is 4.42. The van der Waals surface area contributed by atoms with Crippen LogP contribution < -0.4 is 33.9 Å². The summed E-state index contributed by atoms with van der Waals surface area (Å²) in [4.78, 5) is 0. The number of hydrogen-bond acceptors (Lipinski definition) is 0. The van der Waals surface area contributed by atoms with E-state index >= 15 is 0 Å². The molecular formula is C14H18Cl2N2. The Morgan fingerprint density at radius 2 is 1.50 bits per heavy atom. The van der Waals surface area contributed by atoms with Gasteiger partial charge in [0.2, 0.25) is 5.69 Å². The molecule has 2 rings (SSSR count). The van der Waals surface area contributed by atoms with E-state index in [-0.39, 0.29) is 24.8 Å². The quantitative estimate of drug-likeness (QED) is 0.508. The number of rotatable bonds is 3. The molecule has 0 bridgehead atoms. The Labute approximate surface area is 121 Å². The molecule has 98 valence electrons. The first kappa shape index (κ1) is 16.9. The molecule has 0 N–H and O–H groups in total. The van der Waals surface area contributed by atoms with E-state index in [1.54, 1.807) is 0 Å². The van der Waals surface area contributed by atoms with E-state index < -0.39 is 0 Å². The second kappa shape index (κ2) is 8.06. The van der Waals surface area contributed by atoms with Crippen molar-refractivity contribution in [3.05, 3.63) is 48.9 Å². The number of aryl methyl sites for hydroxylation is 2. The number of pyridine rings is 2. The van der Waals surface area contributed by atoms with Crippen molar-refractivity contribution in [3.8, 4) is 11.3 Å². The van der Waals surface area contributed by atoms with E-state index in [9.17, 15) is 0 Å². The Hall–Kier alpha value is -1.12. The highest BCUT2D eigenvalue weighted by Gasteiger charge is 2.11. The zero-order chi connectivity index (χ0) is 11.4. The predicted octanol–water partition coefficient (Wildman–Crippen LogP) is -4.02. The molecular weight excluding hydrogens is 267 g/mol. The molecule has 0 fully saturated rings. The first-order valence-corrected chi connectivity index (χ1v) is 5.83. The third-order valence-corrected chi connectivity index (χ3v) is 2.83. The standard InChI is InChI=1S/C14H18N2.2ClH/c1-3-15-11-8-13(9-12-15)14-7-5-6-10-16(14)4-2;;/h5-12H,3-4H2,1-2H3;2*1H/q+2;;/p-2. The van der Waals surface area contributed by atoms with Gasteiger partial charge in [-0.15, -0.1) is 0 Å². The summed E-state index contributed by atoms with van der Waals surface area (Å²) in [6, 6.07) is 10.7. The maximum atomic E-state index is 2.26. The lowest BCUT2D eigenvalue weighted by atomic mass is 10.1. The van der Waals surface area contributed by atoms with Gasteiger partial charge < -0.3 is 24.8 Å². The maximum Gasteiger partial charge on any atom is 0.212 e. The summed E-state index contributed by atoms with van der Waals surface area (Å²) in [6.07, 6.45) is 6.38. The fourth-order valence-electron chi connectivity index (χ4n) is 1.85. The van der Waals surface area contributed by atoms with Gasteiger partial charge in [0.05, 0.1) is 5.56 Å². The molecule has 0 saturated carbocycles. The third kappa shape index (κ3) is 3.69. The first-order chi connectivity index (χ1) is 7.85. The number of halogens is 2. The Morgan fingerprint density at radius 1 is 0.833 bits per heavy atom. The van der Waals surface area contributed by atoms with Crippen LogP contribution in [0.4, 0.5) is 0 Å². The monoisotopic (exact) mass is 284 g/mol. The van der Waals surface area contributed by atoms with Crippen molar-refractivity contribution in [1.29, 1.82) is 0 Å². The number of hydrogen-bond donors (Lipinski definition) is 0. The molecule has 4 heteroatoms. The van der Waals surface area contributed by atoms with Crippen LogP contribution >= 0.6 is 0 Å². The van der Waals surface area contributed by atoms with E-state index in [4.69, 9.17) is 0 Å². The van der Waals surface area contributed by atoms with Crippen molar-refractivity contribution in [2.75, 3.05) is 0 Å². The molecule has 0 saturated heterocycles. The highest BCUT2D eigenvalue weighted by atomic mass is 35.5. The molecule has 0 aromatic carbocycles. The fraction of sp³-hybridized carbons (Fsp3) is 0.286. The smallest absolute Gasteiger partial charge is 0.212 e. The van der Waals surface area contributed by atoms with Crippen molar-refractivity contribution in [2.45, 2.75) is 26.9 Å². The van der Waals surface area contributed by atoms with Crippen LogP contribution in [0.1, 0.15) is 13.8 Å². The van der Waals surface area contributed by atoms with Crippen LogP contribution in [0, 0.1) is 0 Å². The van der Waals surface area contributed by atoms with Crippen LogP contribution in [-0.4, -0.2) is 0 Å². The van der Waals surface area contributed by atoms with Gasteiger partial charge in [-0.2, -0.15) is 4.57 Å². The van der Waals surface area contributed by atoms with Crippen LogP contribution in [0.3, 0.4) is 0 Å². The summed E-state index contributed by atoms with van der Waals surface area (Å²) in [7, 11) is 0. The average molecular weight is 285 g/mol. The minimum Gasteiger partial charge on any atom is -1.00 e. The molecule has 2 heterocycles. The van der Waals surface area contributed by atoms with Gasteiger partial charge >= 0.3 is 0 Å². The van der Waals surface area contributed by atoms with Crippen molar-refractivity contribution in [3.63, 3.8) is 0 Å². The molecule has 0 atom stereocenters. The average Bonchev–Trinajstić information content (AvgIpc) is 2.39. The van der Waals surface area contributed by atoms with Gasteiger partial charge in [-0.3, -0.25) is 0 Å². The molecule has 0 aliphatic heterocycles. The summed E-state index contributed by atoms with van der Waals surface area (Å²) >= 11 is 0. The Balaban J connectivity index is 0.00000144. The van der Waals surface area contributed by atoms with Crippen molar-refractivity contribution in [1.82, 2.24) is 0 Å². The van der Waals surface area contributed by atoms with Crippen LogP contribution in [-0.2, 0) is 13.1 Å². The van der Waals surface area contributed by atoms with Gasteiger partial charge in [-0.05, 0) is 19.9 Å². The SMILES string of the molecule is CC[n+]1ccc(-c2cccc[n+]2CC)cc1.[Cl-].[Cl-]. The number of nitrogens with zero attached hydrogens (tertiary/aromatic N) is 2. The molecule has 0 aliphatic carbocycles. The molecule has 0 radical (unpaired) electrons. The van der Waals surface area contributed by atoms with Gasteiger partial charge in [-0.25, -0.2) is 4.57 Å². The second-order valence-electron chi connectivity index (χ2n) is 3.79. The highest BCUT2D eigenvalue weighted by Crippen LogP contribution is 2.12. The fourth-order valence-corrected chi connectivity index (χ4v) is 1.85. The first-order valence-electron chi connectivity index (χ1n) is 5.83. The lowest BCUT2D eigenvalue weighted by molar-refractivity contribution is -0.694. The largest absolute Gasteiger partial charge is 1.00 e. The van der Waals surface area contributed by atoms with E-state index in [1.165, 1.54) is 11.3 Å². The van der Waals surface area contributed by atoms with Crippen LogP contribution in [0.2, 0.25) is 0 Å². The minimum absolute atomic E-state index is 0. The summed E-state index contributed by atoms with van der Waals surface area (Å²) in [6.45, 7) is 6.33. The van der Waals surface area contributed by atoms with Crippen molar-refractivity contribution >= 4 is 0 Å². The van der Waals surface area contributed by atoms with Gasteiger partial charge in [0.15, 0.2) is 18.6 Å². The summed E-state index contributed by atoms with van der Waals surface area (Å²) in [5, 5.41) is 0.